The molecule has 1 aromatic rings. The molecule has 2 aliphatic rings. The van der Waals surface area contributed by atoms with Crippen molar-refractivity contribution < 1.29 is 4.79 Å². The van der Waals surface area contributed by atoms with E-state index in [4.69, 9.17) is 0 Å². The summed E-state index contributed by atoms with van der Waals surface area (Å²) in [6, 6.07) is 4.45. The largest absolute Gasteiger partial charge is 0.354 e. The number of hydrogen-bond acceptors (Lipinski definition) is 4. The summed E-state index contributed by atoms with van der Waals surface area (Å²) in [7, 11) is 0. The summed E-state index contributed by atoms with van der Waals surface area (Å²) < 4.78 is 0. The van der Waals surface area contributed by atoms with Crippen LogP contribution in [0.4, 0.5) is 5.82 Å². The molecule has 0 bridgehead atoms. The Morgan fingerprint density at radius 3 is 2.75 bits per heavy atom. The van der Waals surface area contributed by atoms with E-state index in [0.717, 1.165) is 56.9 Å². The summed E-state index contributed by atoms with van der Waals surface area (Å²) in [4.78, 5) is 20.5. The minimum absolute atomic E-state index is 0.165. The first-order chi connectivity index (χ1) is 9.75. The van der Waals surface area contributed by atoms with Gasteiger partial charge < -0.3 is 15.1 Å². The lowest BCUT2D eigenvalue weighted by Gasteiger charge is -2.29. The number of likely N-dealkylation sites (tertiary alicyclic amines) is 1. The fourth-order valence-electron chi connectivity index (χ4n) is 3.17. The van der Waals surface area contributed by atoms with Gasteiger partial charge in [0.2, 0.25) is 5.91 Å². The average molecular weight is 274 g/mol. The van der Waals surface area contributed by atoms with Crippen molar-refractivity contribution in [2.45, 2.75) is 25.8 Å². The molecule has 0 spiro atoms. The Morgan fingerprint density at radius 1 is 1.30 bits per heavy atom. The Labute approximate surface area is 120 Å². The molecule has 1 aromatic heterocycles. The number of amides is 1. The van der Waals surface area contributed by atoms with E-state index in [-0.39, 0.29) is 11.9 Å². The number of aromatic nitrogens is 1. The molecule has 2 saturated heterocycles. The number of carbonyl (C=O) groups excluding carboxylic acids is 1. The van der Waals surface area contributed by atoms with E-state index < -0.39 is 0 Å². The third-order valence-corrected chi connectivity index (χ3v) is 4.25. The van der Waals surface area contributed by atoms with Gasteiger partial charge in [-0.05, 0) is 24.5 Å². The summed E-state index contributed by atoms with van der Waals surface area (Å²) in [6.07, 6.45) is 4.08. The Bertz CT molecular complexity index is 467. The quantitative estimate of drug-likeness (QED) is 0.879. The molecular formula is C15H22N4O. The van der Waals surface area contributed by atoms with Crippen LogP contribution in [0, 0.1) is 0 Å². The Balaban J connectivity index is 1.73. The number of pyridine rings is 1. The highest BCUT2D eigenvalue weighted by atomic mass is 16.2. The van der Waals surface area contributed by atoms with Crippen LogP contribution in [0.2, 0.25) is 0 Å². The molecular weight excluding hydrogens is 252 g/mol. The van der Waals surface area contributed by atoms with Gasteiger partial charge in [-0.2, -0.15) is 0 Å². The van der Waals surface area contributed by atoms with Gasteiger partial charge in [0.25, 0.3) is 0 Å². The predicted molar refractivity (Wildman–Crippen MR) is 78.7 cm³/mol. The van der Waals surface area contributed by atoms with Gasteiger partial charge >= 0.3 is 0 Å². The maximum atomic E-state index is 11.6. The number of carbonyl (C=O) groups is 1. The molecule has 2 aliphatic heterocycles. The molecule has 1 atom stereocenters. The summed E-state index contributed by atoms with van der Waals surface area (Å²) in [5.41, 5.74) is 1.16. The van der Waals surface area contributed by atoms with Gasteiger partial charge in [0.1, 0.15) is 5.82 Å². The first-order valence-electron chi connectivity index (χ1n) is 7.44. The molecule has 3 heterocycles. The molecule has 108 valence electrons. The topological polar surface area (TPSA) is 48.5 Å². The summed E-state index contributed by atoms with van der Waals surface area (Å²) in [5, 5.41) is 3.35. The van der Waals surface area contributed by atoms with Crippen molar-refractivity contribution in [1.82, 2.24) is 15.2 Å². The van der Waals surface area contributed by atoms with Crippen molar-refractivity contribution in [3.8, 4) is 0 Å². The third-order valence-electron chi connectivity index (χ3n) is 4.25. The number of piperazine rings is 1. The second-order valence-corrected chi connectivity index (χ2v) is 5.56. The van der Waals surface area contributed by atoms with Gasteiger partial charge in [0.15, 0.2) is 0 Å². The highest BCUT2D eigenvalue weighted by Crippen LogP contribution is 2.32. The van der Waals surface area contributed by atoms with E-state index in [1.54, 1.807) is 6.92 Å². The van der Waals surface area contributed by atoms with Gasteiger partial charge in [-0.3, -0.25) is 4.79 Å². The van der Waals surface area contributed by atoms with E-state index in [1.807, 2.05) is 11.1 Å². The lowest BCUT2D eigenvalue weighted by molar-refractivity contribution is -0.129. The molecule has 0 aliphatic carbocycles. The van der Waals surface area contributed by atoms with Crippen LogP contribution >= 0.6 is 0 Å². The molecule has 2 fully saturated rings. The molecule has 0 radical (unpaired) electrons. The SMILES string of the molecule is CC(=O)N1CCCC1c1ccc(N2CCNCC2)nc1. The van der Waals surface area contributed by atoms with E-state index in [9.17, 15) is 4.79 Å². The van der Waals surface area contributed by atoms with Crippen molar-refractivity contribution in [2.75, 3.05) is 37.6 Å². The molecule has 1 unspecified atom stereocenters. The fourth-order valence-corrected chi connectivity index (χ4v) is 3.17. The Morgan fingerprint density at radius 2 is 2.10 bits per heavy atom. The zero-order valence-electron chi connectivity index (χ0n) is 12.0. The van der Waals surface area contributed by atoms with Crippen LogP contribution in [-0.2, 0) is 4.79 Å². The molecule has 3 rings (SSSR count). The fraction of sp³-hybridized carbons (Fsp3) is 0.600. The highest BCUT2D eigenvalue weighted by Gasteiger charge is 2.28. The molecule has 20 heavy (non-hydrogen) atoms. The van der Waals surface area contributed by atoms with Crippen LogP contribution in [-0.4, -0.2) is 48.5 Å². The monoisotopic (exact) mass is 274 g/mol. The minimum atomic E-state index is 0.165. The van der Waals surface area contributed by atoms with E-state index in [1.165, 1.54) is 0 Å². The predicted octanol–water partition coefficient (Wildman–Crippen LogP) is 1.17. The normalized spacial score (nSPS) is 23.1. The van der Waals surface area contributed by atoms with Gasteiger partial charge in [0, 0.05) is 45.8 Å². The van der Waals surface area contributed by atoms with Crippen molar-refractivity contribution in [3.63, 3.8) is 0 Å². The van der Waals surface area contributed by atoms with Gasteiger partial charge in [0.05, 0.1) is 6.04 Å². The molecule has 5 nitrogen and oxygen atoms in total. The average Bonchev–Trinajstić information content (AvgIpc) is 2.98. The number of hydrogen-bond donors (Lipinski definition) is 1. The Hall–Kier alpha value is -1.62. The maximum absolute atomic E-state index is 11.6. The van der Waals surface area contributed by atoms with Gasteiger partial charge in [-0.1, -0.05) is 6.07 Å². The van der Waals surface area contributed by atoms with Gasteiger partial charge in [-0.25, -0.2) is 4.98 Å². The number of nitrogens with one attached hydrogen (secondary N) is 1. The van der Waals surface area contributed by atoms with E-state index >= 15 is 0 Å². The molecule has 1 N–H and O–H groups in total. The van der Waals surface area contributed by atoms with Crippen LogP contribution in [0.5, 0.6) is 0 Å². The first-order valence-corrected chi connectivity index (χ1v) is 7.44. The van der Waals surface area contributed by atoms with Crippen molar-refractivity contribution in [3.05, 3.63) is 23.9 Å². The van der Waals surface area contributed by atoms with Gasteiger partial charge in [-0.15, -0.1) is 0 Å². The van der Waals surface area contributed by atoms with E-state index in [0.29, 0.717) is 0 Å². The maximum Gasteiger partial charge on any atom is 0.219 e. The van der Waals surface area contributed by atoms with Crippen LogP contribution in [0.15, 0.2) is 18.3 Å². The second kappa shape index (κ2) is 5.79. The Kier molecular flexibility index (Phi) is 3.87. The number of anilines is 1. The second-order valence-electron chi connectivity index (χ2n) is 5.56. The highest BCUT2D eigenvalue weighted by molar-refractivity contribution is 5.74. The number of nitrogens with zero attached hydrogens (tertiary/aromatic N) is 3. The third kappa shape index (κ3) is 2.63. The van der Waals surface area contributed by atoms with Crippen molar-refractivity contribution in [1.29, 1.82) is 0 Å². The lowest BCUT2D eigenvalue weighted by Crippen LogP contribution is -2.43. The van der Waals surface area contributed by atoms with Crippen LogP contribution < -0.4 is 10.2 Å². The van der Waals surface area contributed by atoms with Crippen molar-refractivity contribution >= 4 is 11.7 Å². The minimum Gasteiger partial charge on any atom is -0.354 e. The summed E-state index contributed by atoms with van der Waals surface area (Å²) in [6.45, 7) is 6.58. The lowest BCUT2D eigenvalue weighted by atomic mass is 10.1. The molecule has 0 saturated carbocycles. The smallest absolute Gasteiger partial charge is 0.219 e. The molecule has 0 aromatic carbocycles. The zero-order valence-corrected chi connectivity index (χ0v) is 12.0. The number of rotatable bonds is 2. The van der Waals surface area contributed by atoms with Crippen LogP contribution in [0.3, 0.4) is 0 Å². The summed E-state index contributed by atoms with van der Waals surface area (Å²) >= 11 is 0. The van der Waals surface area contributed by atoms with E-state index in [2.05, 4.69) is 27.3 Å². The summed E-state index contributed by atoms with van der Waals surface area (Å²) in [5.74, 6) is 1.21. The standard InChI is InChI=1S/C15H22N4O/c1-12(20)19-8-2-3-14(19)13-4-5-15(17-11-13)18-9-6-16-7-10-18/h4-5,11,14,16H,2-3,6-10H2,1H3. The first kappa shape index (κ1) is 13.4. The van der Waals surface area contributed by atoms with Crippen LogP contribution in [0.1, 0.15) is 31.4 Å². The molecule has 1 amide bonds. The van der Waals surface area contributed by atoms with Crippen molar-refractivity contribution in [2.24, 2.45) is 0 Å². The van der Waals surface area contributed by atoms with Crippen LogP contribution in [0.25, 0.3) is 0 Å². The molecule has 5 heteroatoms. The zero-order chi connectivity index (χ0) is 13.9.